The van der Waals surface area contributed by atoms with E-state index in [9.17, 15) is 9.59 Å². The van der Waals surface area contributed by atoms with E-state index in [-0.39, 0.29) is 0 Å². The minimum atomic E-state index is -1.13. The van der Waals surface area contributed by atoms with E-state index in [4.69, 9.17) is 9.47 Å². The average molecular weight is 224 g/mol. The van der Waals surface area contributed by atoms with E-state index in [2.05, 4.69) is 0 Å². The molecule has 1 aliphatic heterocycles. The molecule has 4 heteroatoms. The molecule has 0 N–H and O–H groups in total. The van der Waals surface area contributed by atoms with Crippen molar-refractivity contribution >= 4 is 11.9 Å². The zero-order valence-corrected chi connectivity index (χ0v) is 9.83. The number of cyclic esters (lactones) is 2. The van der Waals surface area contributed by atoms with Gasteiger partial charge in [0.15, 0.2) is 5.41 Å². The Balaban J connectivity index is 2.29. The van der Waals surface area contributed by atoms with Gasteiger partial charge < -0.3 is 9.47 Å². The molecule has 0 atom stereocenters. The molecule has 2 aliphatic rings. The first-order valence-corrected chi connectivity index (χ1v) is 5.48. The van der Waals surface area contributed by atoms with Gasteiger partial charge in [0.25, 0.3) is 5.79 Å². The monoisotopic (exact) mass is 224 g/mol. The molecular weight excluding hydrogens is 208 g/mol. The van der Waals surface area contributed by atoms with Gasteiger partial charge in [0.2, 0.25) is 0 Å². The third-order valence-electron chi connectivity index (χ3n) is 3.20. The first-order valence-electron chi connectivity index (χ1n) is 5.48. The summed E-state index contributed by atoms with van der Waals surface area (Å²) in [4.78, 5) is 23.9. The summed E-state index contributed by atoms with van der Waals surface area (Å²) in [5.74, 6) is -2.02. The summed E-state index contributed by atoms with van der Waals surface area (Å²) in [7, 11) is 0. The highest BCUT2D eigenvalue weighted by molar-refractivity contribution is 6.02. The molecule has 2 rings (SSSR count). The Kier molecular flexibility index (Phi) is 2.33. The topological polar surface area (TPSA) is 52.6 Å². The first kappa shape index (κ1) is 11.2. The molecular formula is C12H16O4. The molecule has 4 nitrogen and oxygen atoms in total. The number of ether oxygens (including phenoxy) is 2. The molecule has 1 heterocycles. The van der Waals surface area contributed by atoms with Crippen molar-refractivity contribution in [3.05, 3.63) is 11.6 Å². The van der Waals surface area contributed by atoms with Crippen LogP contribution in [-0.4, -0.2) is 17.7 Å². The molecule has 16 heavy (non-hydrogen) atoms. The Morgan fingerprint density at radius 2 is 1.75 bits per heavy atom. The van der Waals surface area contributed by atoms with Gasteiger partial charge in [-0.3, -0.25) is 9.59 Å². The van der Waals surface area contributed by atoms with E-state index in [1.807, 2.05) is 13.0 Å². The first-order chi connectivity index (χ1) is 7.36. The van der Waals surface area contributed by atoms with Crippen molar-refractivity contribution in [2.24, 2.45) is 5.41 Å². The van der Waals surface area contributed by atoms with Crippen LogP contribution in [0.2, 0.25) is 0 Å². The SMILES string of the molecule is CC1=CCC2(CC1)C(=O)OC(C)(C)OC2=O. The van der Waals surface area contributed by atoms with Crippen LogP contribution in [0.4, 0.5) is 0 Å². The second-order valence-corrected chi connectivity index (χ2v) is 5.02. The second kappa shape index (κ2) is 3.34. The lowest BCUT2D eigenvalue weighted by molar-refractivity contribution is -0.251. The van der Waals surface area contributed by atoms with Crippen molar-refractivity contribution in [3.63, 3.8) is 0 Å². The molecule has 1 saturated heterocycles. The van der Waals surface area contributed by atoms with Gasteiger partial charge in [-0.15, -0.1) is 0 Å². The Morgan fingerprint density at radius 1 is 1.19 bits per heavy atom. The maximum atomic E-state index is 12.0. The maximum absolute atomic E-state index is 12.0. The normalized spacial score (nSPS) is 27.1. The summed E-state index contributed by atoms with van der Waals surface area (Å²) >= 11 is 0. The third kappa shape index (κ3) is 1.62. The lowest BCUT2D eigenvalue weighted by Gasteiger charge is -2.41. The summed E-state index contributed by atoms with van der Waals surface area (Å²) < 4.78 is 10.3. The Hall–Kier alpha value is -1.32. The van der Waals surface area contributed by atoms with Crippen molar-refractivity contribution in [2.75, 3.05) is 0 Å². The van der Waals surface area contributed by atoms with Crippen molar-refractivity contribution in [1.82, 2.24) is 0 Å². The number of allylic oxidation sites excluding steroid dienone is 2. The predicted octanol–water partition coefficient (Wildman–Crippen LogP) is 1.94. The molecule has 0 aromatic carbocycles. The quantitative estimate of drug-likeness (QED) is 0.358. The van der Waals surface area contributed by atoms with Crippen LogP contribution in [0.15, 0.2) is 11.6 Å². The van der Waals surface area contributed by atoms with Crippen LogP contribution in [-0.2, 0) is 19.1 Å². The molecule has 0 bridgehead atoms. The number of carbonyl (C=O) groups excluding carboxylic acids is 2. The molecule has 88 valence electrons. The molecule has 0 saturated carbocycles. The summed E-state index contributed by atoms with van der Waals surface area (Å²) in [6, 6.07) is 0. The molecule has 0 aromatic heterocycles. The summed E-state index contributed by atoms with van der Waals surface area (Å²) in [5, 5.41) is 0. The van der Waals surface area contributed by atoms with Gasteiger partial charge in [-0.2, -0.15) is 0 Å². The van der Waals surface area contributed by atoms with Crippen LogP contribution >= 0.6 is 0 Å². The fourth-order valence-electron chi connectivity index (χ4n) is 2.08. The van der Waals surface area contributed by atoms with Gasteiger partial charge in [0.1, 0.15) is 0 Å². The molecule has 0 aromatic rings. The van der Waals surface area contributed by atoms with E-state index in [0.717, 1.165) is 6.42 Å². The molecule has 1 spiro atoms. The van der Waals surface area contributed by atoms with Crippen molar-refractivity contribution in [2.45, 2.75) is 45.8 Å². The summed E-state index contributed by atoms with van der Waals surface area (Å²) in [6.45, 7) is 5.13. The number of carbonyl (C=O) groups is 2. The van der Waals surface area contributed by atoms with Crippen molar-refractivity contribution in [3.8, 4) is 0 Å². The van der Waals surface area contributed by atoms with Crippen LogP contribution in [0.25, 0.3) is 0 Å². The lowest BCUT2D eigenvalue weighted by atomic mass is 9.74. The summed E-state index contributed by atoms with van der Waals surface area (Å²) in [6.07, 6.45) is 3.55. The fraction of sp³-hybridized carbons (Fsp3) is 0.667. The predicted molar refractivity (Wildman–Crippen MR) is 56.3 cm³/mol. The molecule has 1 fully saturated rings. The van der Waals surface area contributed by atoms with Crippen LogP contribution in [0.5, 0.6) is 0 Å². The largest absolute Gasteiger partial charge is 0.422 e. The van der Waals surface area contributed by atoms with E-state index in [1.54, 1.807) is 13.8 Å². The smallest absolute Gasteiger partial charge is 0.327 e. The molecule has 0 amide bonds. The van der Waals surface area contributed by atoms with Crippen LogP contribution < -0.4 is 0 Å². The van der Waals surface area contributed by atoms with Gasteiger partial charge in [-0.25, -0.2) is 0 Å². The van der Waals surface area contributed by atoms with E-state index in [0.29, 0.717) is 12.8 Å². The fourth-order valence-corrected chi connectivity index (χ4v) is 2.08. The van der Waals surface area contributed by atoms with Gasteiger partial charge in [0, 0.05) is 13.8 Å². The Bertz CT molecular complexity index is 358. The van der Waals surface area contributed by atoms with E-state index >= 15 is 0 Å². The zero-order valence-electron chi connectivity index (χ0n) is 9.83. The van der Waals surface area contributed by atoms with Gasteiger partial charge in [-0.05, 0) is 26.2 Å². The lowest BCUT2D eigenvalue weighted by Crippen LogP contribution is -2.54. The molecule has 0 radical (unpaired) electrons. The van der Waals surface area contributed by atoms with Gasteiger partial charge >= 0.3 is 11.9 Å². The maximum Gasteiger partial charge on any atom is 0.327 e. The number of hydrogen-bond donors (Lipinski definition) is 0. The highest BCUT2D eigenvalue weighted by Gasteiger charge is 2.55. The van der Waals surface area contributed by atoms with Crippen LogP contribution in [0.1, 0.15) is 40.0 Å². The van der Waals surface area contributed by atoms with Crippen LogP contribution in [0, 0.1) is 5.41 Å². The Morgan fingerprint density at radius 3 is 2.19 bits per heavy atom. The minimum Gasteiger partial charge on any atom is -0.422 e. The number of rotatable bonds is 0. The van der Waals surface area contributed by atoms with Crippen molar-refractivity contribution < 1.29 is 19.1 Å². The van der Waals surface area contributed by atoms with Crippen LogP contribution in [0.3, 0.4) is 0 Å². The number of esters is 2. The Labute approximate surface area is 94.6 Å². The highest BCUT2D eigenvalue weighted by atomic mass is 16.7. The highest BCUT2D eigenvalue weighted by Crippen LogP contribution is 2.42. The summed E-state index contributed by atoms with van der Waals surface area (Å²) in [5.41, 5.74) is 0.116. The average Bonchev–Trinajstić information content (AvgIpc) is 2.15. The second-order valence-electron chi connectivity index (χ2n) is 5.02. The molecule has 0 unspecified atom stereocenters. The van der Waals surface area contributed by atoms with E-state index < -0.39 is 23.1 Å². The van der Waals surface area contributed by atoms with Gasteiger partial charge in [-0.1, -0.05) is 11.6 Å². The molecule has 1 aliphatic carbocycles. The zero-order chi connectivity index (χ0) is 12.0. The minimum absolute atomic E-state index is 0.395. The van der Waals surface area contributed by atoms with Gasteiger partial charge in [0.05, 0.1) is 0 Å². The number of hydrogen-bond acceptors (Lipinski definition) is 4. The van der Waals surface area contributed by atoms with Crippen molar-refractivity contribution in [1.29, 1.82) is 0 Å². The standard InChI is InChI=1S/C12H16O4/c1-8-4-6-12(7-5-8)9(13)15-11(2,3)16-10(12)14/h4H,5-7H2,1-3H3. The third-order valence-corrected chi connectivity index (χ3v) is 3.20. The van der Waals surface area contributed by atoms with E-state index in [1.165, 1.54) is 5.57 Å².